The van der Waals surface area contributed by atoms with Gasteiger partial charge in [-0.05, 0) is 30.2 Å². The third kappa shape index (κ3) is 2.47. The van der Waals surface area contributed by atoms with Crippen LogP contribution in [0.15, 0.2) is 12.1 Å². The number of benzene rings is 1. The number of fused-ring (bicyclic) bond motifs is 1. The second-order valence-electron chi connectivity index (χ2n) is 3.67. The van der Waals surface area contributed by atoms with E-state index in [9.17, 15) is 13.2 Å². The zero-order chi connectivity index (χ0) is 11.5. The quantitative estimate of drug-likeness (QED) is 0.860. The van der Waals surface area contributed by atoms with E-state index in [-0.39, 0.29) is 11.6 Å². The van der Waals surface area contributed by atoms with Crippen molar-refractivity contribution in [3.63, 3.8) is 0 Å². The first-order chi connectivity index (χ1) is 7.66. The van der Waals surface area contributed by atoms with E-state index < -0.39 is 13.0 Å². The molecule has 0 saturated heterocycles. The molecule has 2 nitrogen and oxygen atoms in total. The average Bonchev–Trinajstić information content (AvgIpc) is 2.26. The fourth-order valence-electron chi connectivity index (χ4n) is 1.78. The molecule has 1 aromatic rings. The second-order valence-corrected chi connectivity index (χ2v) is 3.67. The van der Waals surface area contributed by atoms with Crippen LogP contribution >= 0.6 is 0 Å². The van der Waals surface area contributed by atoms with Gasteiger partial charge in [-0.2, -0.15) is 0 Å². The van der Waals surface area contributed by atoms with Crippen molar-refractivity contribution in [3.05, 3.63) is 29.1 Å². The normalized spacial score (nSPS) is 15.0. The lowest BCUT2D eigenvalue weighted by molar-refractivity contribution is 0.0816. The number of hydrogen-bond donors (Lipinski definition) is 1. The topological polar surface area (TPSA) is 21.3 Å². The Balaban J connectivity index is 2.18. The molecule has 1 heterocycles. The number of alkyl halides is 2. The van der Waals surface area contributed by atoms with Gasteiger partial charge in [0.2, 0.25) is 0 Å². The Hall–Kier alpha value is -1.23. The average molecular weight is 231 g/mol. The number of hydrogen-bond acceptors (Lipinski definition) is 2. The van der Waals surface area contributed by atoms with Crippen LogP contribution in [-0.4, -0.2) is 19.6 Å². The molecule has 0 bridgehead atoms. The van der Waals surface area contributed by atoms with E-state index in [4.69, 9.17) is 4.74 Å². The van der Waals surface area contributed by atoms with E-state index in [1.54, 1.807) is 6.07 Å². The monoisotopic (exact) mass is 231 g/mol. The highest BCUT2D eigenvalue weighted by atomic mass is 19.3. The molecule has 0 amide bonds. The largest absolute Gasteiger partial charge is 0.488 e. The maximum absolute atomic E-state index is 13.6. The van der Waals surface area contributed by atoms with Gasteiger partial charge in [0.25, 0.3) is 6.43 Å². The molecule has 1 aliphatic rings. The molecule has 0 aromatic heterocycles. The highest BCUT2D eigenvalue weighted by Gasteiger charge is 2.15. The summed E-state index contributed by atoms with van der Waals surface area (Å²) >= 11 is 0. The summed E-state index contributed by atoms with van der Waals surface area (Å²) in [5.41, 5.74) is 1.44. The van der Waals surface area contributed by atoms with Crippen molar-refractivity contribution in [3.8, 4) is 5.75 Å². The molecule has 1 aliphatic heterocycles. The predicted octanol–water partition coefficient (Wildman–Crippen LogP) is 2.12. The van der Waals surface area contributed by atoms with Crippen molar-refractivity contribution in [1.82, 2.24) is 5.32 Å². The Morgan fingerprint density at radius 2 is 2.19 bits per heavy atom. The summed E-state index contributed by atoms with van der Waals surface area (Å²) in [4.78, 5) is 0. The van der Waals surface area contributed by atoms with E-state index in [1.807, 2.05) is 0 Å². The molecule has 88 valence electrons. The summed E-state index contributed by atoms with van der Waals surface area (Å²) < 4.78 is 42.2. The minimum Gasteiger partial charge on any atom is -0.488 e. The van der Waals surface area contributed by atoms with Crippen molar-refractivity contribution >= 4 is 0 Å². The van der Waals surface area contributed by atoms with Gasteiger partial charge < -0.3 is 10.1 Å². The summed E-state index contributed by atoms with van der Waals surface area (Å²) in [5, 5.41) is 3.09. The fourth-order valence-corrected chi connectivity index (χ4v) is 1.78. The summed E-state index contributed by atoms with van der Waals surface area (Å²) in [6.45, 7) is 0.588. The molecule has 16 heavy (non-hydrogen) atoms. The molecule has 0 aliphatic carbocycles. The minimum atomic E-state index is -2.54. The van der Waals surface area contributed by atoms with Crippen LogP contribution in [0.1, 0.15) is 11.1 Å². The van der Waals surface area contributed by atoms with Gasteiger partial charge in [-0.1, -0.05) is 0 Å². The molecule has 0 unspecified atom stereocenters. The number of ether oxygens (including phenoxy) is 1. The van der Waals surface area contributed by atoms with Crippen LogP contribution in [0.25, 0.3) is 0 Å². The van der Waals surface area contributed by atoms with Crippen molar-refractivity contribution in [1.29, 1.82) is 0 Å². The Morgan fingerprint density at radius 1 is 1.38 bits per heavy atom. The zero-order valence-corrected chi connectivity index (χ0v) is 8.60. The van der Waals surface area contributed by atoms with Gasteiger partial charge in [0.05, 0.1) is 0 Å². The number of nitrogens with one attached hydrogen (secondary N) is 1. The molecule has 1 N–H and O–H groups in total. The van der Waals surface area contributed by atoms with Crippen molar-refractivity contribution in [2.75, 3.05) is 13.2 Å². The molecule has 0 spiro atoms. The maximum Gasteiger partial charge on any atom is 0.272 e. The molecular weight excluding hydrogens is 219 g/mol. The molecule has 0 saturated carbocycles. The van der Waals surface area contributed by atoms with Gasteiger partial charge in [0, 0.05) is 12.6 Å². The number of rotatable bonds is 3. The second kappa shape index (κ2) is 4.74. The zero-order valence-electron chi connectivity index (χ0n) is 8.60. The minimum absolute atomic E-state index is 0.167. The smallest absolute Gasteiger partial charge is 0.272 e. The van der Waals surface area contributed by atoms with Gasteiger partial charge in [-0.3, -0.25) is 0 Å². The van der Waals surface area contributed by atoms with Crippen LogP contribution < -0.4 is 10.1 Å². The van der Waals surface area contributed by atoms with Crippen LogP contribution in [0, 0.1) is 5.82 Å². The molecule has 0 radical (unpaired) electrons. The molecule has 5 heteroatoms. The predicted molar refractivity (Wildman–Crippen MR) is 53.3 cm³/mol. The summed E-state index contributed by atoms with van der Waals surface area (Å²) in [6.07, 6.45) is -1.92. The first-order valence-corrected chi connectivity index (χ1v) is 5.10. The van der Waals surface area contributed by atoms with E-state index in [0.29, 0.717) is 18.5 Å². The van der Waals surface area contributed by atoms with Gasteiger partial charge in [-0.25, -0.2) is 13.2 Å². The SMILES string of the molecule is Fc1cc(OCC(F)F)cc2c1CCNC2. The van der Waals surface area contributed by atoms with E-state index >= 15 is 0 Å². The third-order valence-electron chi connectivity index (χ3n) is 2.50. The lowest BCUT2D eigenvalue weighted by Gasteiger charge is -2.18. The third-order valence-corrected chi connectivity index (χ3v) is 2.50. The summed E-state index contributed by atoms with van der Waals surface area (Å²) in [7, 11) is 0. The Labute approximate surface area is 91.4 Å². The fraction of sp³-hybridized carbons (Fsp3) is 0.455. The molecule has 1 aromatic carbocycles. The van der Waals surface area contributed by atoms with Crippen LogP contribution in [0.5, 0.6) is 5.75 Å². The summed E-state index contributed by atoms with van der Waals surface area (Å²) in [5.74, 6) is -0.205. The molecule has 0 fully saturated rings. The van der Waals surface area contributed by atoms with Gasteiger partial charge in [0.15, 0.2) is 0 Å². The first-order valence-electron chi connectivity index (χ1n) is 5.10. The van der Waals surface area contributed by atoms with E-state index in [2.05, 4.69) is 5.32 Å². The lowest BCUT2D eigenvalue weighted by atomic mass is 10.0. The Bertz CT molecular complexity index is 382. The maximum atomic E-state index is 13.6. The van der Waals surface area contributed by atoms with Crippen LogP contribution in [-0.2, 0) is 13.0 Å². The van der Waals surface area contributed by atoms with Crippen LogP contribution in [0.2, 0.25) is 0 Å². The van der Waals surface area contributed by atoms with Crippen molar-refractivity contribution < 1.29 is 17.9 Å². The van der Waals surface area contributed by atoms with Crippen LogP contribution in [0.3, 0.4) is 0 Å². The highest BCUT2D eigenvalue weighted by Crippen LogP contribution is 2.24. The first kappa shape index (κ1) is 11.3. The molecular formula is C11H12F3NO. The Morgan fingerprint density at radius 3 is 2.94 bits per heavy atom. The lowest BCUT2D eigenvalue weighted by Crippen LogP contribution is -2.24. The van der Waals surface area contributed by atoms with Crippen LogP contribution in [0.4, 0.5) is 13.2 Å². The summed E-state index contributed by atoms with van der Waals surface area (Å²) in [6, 6.07) is 2.79. The van der Waals surface area contributed by atoms with E-state index in [1.165, 1.54) is 6.07 Å². The van der Waals surface area contributed by atoms with E-state index in [0.717, 1.165) is 12.1 Å². The highest BCUT2D eigenvalue weighted by molar-refractivity contribution is 5.38. The van der Waals surface area contributed by atoms with Gasteiger partial charge in [0.1, 0.15) is 18.2 Å². The Kier molecular flexibility index (Phi) is 3.33. The van der Waals surface area contributed by atoms with Gasteiger partial charge >= 0.3 is 0 Å². The number of halogens is 3. The standard InChI is InChI=1S/C11H12F3NO/c12-10-4-8(16-6-11(13)14)3-7-5-15-2-1-9(7)10/h3-4,11,15H,1-2,5-6H2. The van der Waals surface area contributed by atoms with Crippen molar-refractivity contribution in [2.24, 2.45) is 0 Å². The van der Waals surface area contributed by atoms with Crippen molar-refractivity contribution in [2.45, 2.75) is 19.4 Å². The molecule has 0 atom stereocenters. The molecule has 2 rings (SSSR count). The van der Waals surface area contributed by atoms with Gasteiger partial charge in [-0.15, -0.1) is 0 Å².